The second-order valence-electron chi connectivity index (χ2n) is 4.74. The molecule has 1 fully saturated rings. The Hall–Kier alpha value is -1.14. The number of aromatic nitrogens is 1. The lowest BCUT2D eigenvalue weighted by Gasteiger charge is -2.32. The molecule has 0 spiro atoms. The van der Waals surface area contributed by atoms with Gasteiger partial charge in [-0.2, -0.15) is 0 Å². The summed E-state index contributed by atoms with van der Waals surface area (Å²) in [4.78, 5) is 18.1. The standard InChI is InChI=1S/C12H19N3O2S/c1-8-10(11(16)17)14-12(18-8)13-7-9-5-3-4-6-15(9)2/h9H,3-7H2,1-2H3,(H,13,14)(H,16,17). The molecule has 1 aliphatic heterocycles. The molecule has 0 bridgehead atoms. The van der Waals surface area contributed by atoms with E-state index in [1.54, 1.807) is 6.92 Å². The third-order valence-corrected chi connectivity index (χ3v) is 4.34. The van der Waals surface area contributed by atoms with Crippen molar-refractivity contribution in [1.82, 2.24) is 9.88 Å². The zero-order valence-electron chi connectivity index (χ0n) is 10.8. The Labute approximate surface area is 111 Å². The van der Waals surface area contributed by atoms with E-state index < -0.39 is 5.97 Å². The molecule has 1 aromatic rings. The highest BCUT2D eigenvalue weighted by Crippen LogP contribution is 2.23. The molecule has 2 rings (SSSR count). The van der Waals surface area contributed by atoms with Crippen LogP contribution in [-0.2, 0) is 0 Å². The van der Waals surface area contributed by atoms with Crippen molar-refractivity contribution in [3.63, 3.8) is 0 Å². The normalized spacial score (nSPS) is 20.9. The van der Waals surface area contributed by atoms with Crippen molar-refractivity contribution in [2.24, 2.45) is 0 Å². The lowest BCUT2D eigenvalue weighted by Crippen LogP contribution is -2.40. The van der Waals surface area contributed by atoms with Crippen LogP contribution in [0.2, 0.25) is 0 Å². The first-order valence-electron chi connectivity index (χ1n) is 6.22. The van der Waals surface area contributed by atoms with Crippen molar-refractivity contribution < 1.29 is 9.90 Å². The number of carboxylic acid groups (broad SMARTS) is 1. The summed E-state index contributed by atoms with van der Waals surface area (Å²) in [6.45, 7) is 3.77. The third kappa shape index (κ3) is 3.00. The lowest BCUT2D eigenvalue weighted by molar-refractivity contribution is 0.0690. The van der Waals surface area contributed by atoms with Gasteiger partial charge in [-0.3, -0.25) is 0 Å². The van der Waals surface area contributed by atoms with Crippen LogP contribution in [0.15, 0.2) is 0 Å². The van der Waals surface area contributed by atoms with E-state index in [0.717, 1.165) is 18.0 Å². The molecule has 0 radical (unpaired) electrons. The number of carbonyl (C=O) groups is 1. The van der Waals surface area contributed by atoms with Crippen molar-refractivity contribution in [3.05, 3.63) is 10.6 Å². The molecule has 1 atom stereocenters. The average Bonchev–Trinajstić information content (AvgIpc) is 2.70. The van der Waals surface area contributed by atoms with Gasteiger partial charge in [0.05, 0.1) is 0 Å². The Bertz CT molecular complexity index is 433. The van der Waals surface area contributed by atoms with Crippen LogP contribution in [0, 0.1) is 6.92 Å². The van der Waals surface area contributed by atoms with Crippen molar-refractivity contribution in [2.45, 2.75) is 32.2 Å². The van der Waals surface area contributed by atoms with Crippen LogP contribution in [0.25, 0.3) is 0 Å². The fourth-order valence-corrected chi connectivity index (χ4v) is 3.09. The summed E-state index contributed by atoms with van der Waals surface area (Å²) in [6, 6.07) is 0.524. The monoisotopic (exact) mass is 269 g/mol. The maximum absolute atomic E-state index is 10.9. The van der Waals surface area contributed by atoms with E-state index in [1.807, 2.05) is 0 Å². The van der Waals surface area contributed by atoms with Gasteiger partial charge in [-0.15, -0.1) is 11.3 Å². The number of nitrogens with one attached hydrogen (secondary N) is 1. The molecule has 2 heterocycles. The summed E-state index contributed by atoms with van der Waals surface area (Å²) in [7, 11) is 2.14. The molecular formula is C12H19N3O2S. The Kier molecular flexibility index (Phi) is 4.19. The molecule has 18 heavy (non-hydrogen) atoms. The molecule has 1 aromatic heterocycles. The van der Waals surface area contributed by atoms with Crippen LogP contribution >= 0.6 is 11.3 Å². The highest BCUT2D eigenvalue weighted by atomic mass is 32.1. The van der Waals surface area contributed by atoms with Crippen LogP contribution in [0.4, 0.5) is 5.13 Å². The predicted molar refractivity (Wildman–Crippen MR) is 72.6 cm³/mol. The highest BCUT2D eigenvalue weighted by Gasteiger charge is 2.19. The summed E-state index contributed by atoms with van der Waals surface area (Å²) in [6.07, 6.45) is 3.74. The summed E-state index contributed by atoms with van der Waals surface area (Å²) in [5.74, 6) is -0.952. The number of thiazole rings is 1. The van der Waals surface area contributed by atoms with E-state index in [4.69, 9.17) is 5.11 Å². The fraction of sp³-hybridized carbons (Fsp3) is 0.667. The van der Waals surface area contributed by atoms with Gasteiger partial charge in [0.15, 0.2) is 10.8 Å². The largest absolute Gasteiger partial charge is 0.476 e. The number of aryl methyl sites for hydroxylation is 1. The van der Waals surface area contributed by atoms with Gasteiger partial charge in [-0.05, 0) is 33.4 Å². The summed E-state index contributed by atoms with van der Waals surface area (Å²) in [5, 5.41) is 12.9. The van der Waals surface area contributed by atoms with E-state index >= 15 is 0 Å². The van der Waals surface area contributed by atoms with E-state index in [-0.39, 0.29) is 5.69 Å². The second kappa shape index (κ2) is 5.67. The number of anilines is 1. The van der Waals surface area contributed by atoms with E-state index in [1.165, 1.54) is 30.6 Å². The first-order chi connectivity index (χ1) is 8.58. The molecule has 0 aromatic carbocycles. The van der Waals surface area contributed by atoms with E-state index in [0.29, 0.717) is 11.2 Å². The molecule has 0 amide bonds. The Morgan fingerprint density at radius 3 is 3.00 bits per heavy atom. The quantitative estimate of drug-likeness (QED) is 0.875. The van der Waals surface area contributed by atoms with Crippen LogP contribution in [0.5, 0.6) is 0 Å². The van der Waals surface area contributed by atoms with Gasteiger partial charge in [-0.25, -0.2) is 9.78 Å². The number of carboxylic acids is 1. The topological polar surface area (TPSA) is 65.5 Å². The molecule has 100 valence electrons. The lowest BCUT2D eigenvalue weighted by atomic mass is 10.0. The van der Waals surface area contributed by atoms with Crippen LogP contribution < -0.4 is 5.32 Å². The number of rotatable bonds is 4. The minimum Gasteiger partial charge on any atom is -0.476 e. The van der Waals surface area contributed by atoms with E-state index in [9.17, 15) is 4.79 Å². The summed E-state index contributed by atoms with van der Waals surface area (Å²) < 4.78 is 0. The van der Waals surface area contributed by atoms with E-state index in [2.05, 4.69) is 22.2 Å². The summed E-state index contributed by atoms with van der Waals surface area (Å²) >= 11 is 1.41. The molecule has 0 aliphatic carbocycles. The van der Waals surface area contributed by atoms with Gasteiger partial charge in [0.1, 0.15) is 0 Å². The molecule has 1 saturated heterocycles. The number of nitrogens with zero attached hydrogens (tertiary/aromatic N) is 2. The molecule has 0 saturated carbocycles. The van der Waals surface area contributed by atoms with Crippen LogP contribution in [0.1, 0.15) is 34.6 Å². The molecular weight excluding hydrogens is 250 g/mol. The zero-order chi connectivity index (χ0) is 13.1. The number of likely N-dealkylation sites (tertiary alicyclic amines) is 1. The second-order valence-corrected chi connectivity index (χ2v) is 5.94. The molecule has 6 heteroatoms. The van der Waals surface area contributed by atoms with Crippen LogP contribution in [-0.4, -0.2) is 47.1 Å². The van der Waals surface area contributed by atoms with Crippen molar-refractivity contribution in [3.8, 4) is 0 Å². The first kappa shape index (κ1) is 13.3. The Balaban J connectivity index is 1.93. The smallest absolute Gasteiger partial charge is 0.355 e. The van der Waals surface area contributed by atoms with Gasteiger partial charge >= 0.3 is 5.97 Å². The van der Waals surface area contributed by atoms with Crippen molar-refractivity contribution >= 4 is 22.4 Å². The molecule has 1 unspecified atom stereocenters. The Morgan fingerprint density at radius 2 is 2.39 bits per heavy atom. The first-order valence-corrected chi connectivity index (χ1v) is 7.04. The summed E-state index contributed by atoms with van der Waals surface area (Å²) in [5.41, 5.74) is 0.166. The minimum atomic E-state index is -0.952. The Morgan fingerprint density at radius 1 is 1.61 bits per heavy atom. The third-order valence-electron chi connectivity index (χ3n) is 3.41. The van der Waals surface area contributed by atoms with Gasteiger partial charge in [-0.1, -0.05) is 6.42 Å². The van der Waals surface area contributed by atoms with Gasteiger partial charge in [0.25, 0.3) is 0 Å². The minimum absolute atomic E-state index is 0.166. The van der Waals surface area contributed by atoms with Crippen molar-refractivity contribution in [2.75, 3.05) is 25.5 Å². The zero-order valence-corrected chi connectivity index (χ0v) is 11.6. The van der Waals surface area contributed by atoms with Gasteiger partial charge < -0.3 is 15.3 Å². The number of hydrogen-bond acceptors (Lipinski definition) is 5. The molecule has 2 N–H and O–H groups in total. The number of hydrogen-bond donors (Lipinski definition) is 2. The maximum atomic E-state index is 10.9. The van der Waals surface area contributed by atoms with Crippen LogP contribution in [0.3, 0.4) is 0 Å². The SMILES string of the molecule is Cc1sc(NCC2CCCCN2C)nc1C(=O)O. The van der Waals surface area contributed by atoms with Crippen molar-refractivity contribution in [1.29, 1.82) is 0 Å². The average molecular weight is 269 g/mol. The van der Waals surface area contributed by atoms with Gasteiger partial charge in [0, 0.05) is 17.5 Å². The number of likely N-dealkylation sites (N-methyl/N-ethyl adjacent to an activating group) is 1. The predicted octanol–water partition coefficient (Wildman–Crippen LogP) is 2.05. The molecule has 1 aliphatic rings. The molecule has 5 nitrogen and oxygen atoms in total. The number of aromatic carboxylic acids is 1. The maximum Gasteiger partial charge on any atom is 0.355 e. The highest BCUT2D eigenvalue weighted by molar-refractivity contribution is 7.15. The van der Waals surface area contributed by atoms with Gasteiger partial charge in [0.2, 0.25) is 0 Å². The number of piperidine rings is 1. The fourth-order valence-electron chi connectivity index (χ4n) is 2.28.